The van der Waals surface area contributed by atoms with Gasteiger partial charge in [0.15, 0.2) is 0 Å². The highest BCUT2D eigenvalue weighted by molar-refractivity contribution is 5.74. The van der Waals surface area contributed by atoms with Crippen molar-refractivity contribution in [2.24, 2.45) is 0 Å². The summed E-state index contributed by atoms with van der Waals surface area (Å²) in [5.41, 5.74) is 5.90. The molecule has 0 fully saturated rings. The van der Waals surface area contributed by atoms with Crippen LogP contribution in [0, 0.1) is 6.92 Å². The van der Waals surface area contributed by atoms with Crippen molar-refractivity contribution in [2.75, 3.05) is 13.7 Å². The summed E-state index contributed by atoms with van der Waals surface area (Å²) >= 11 is 0. The molecule has 1 atom stereocenters. The molecule has 3 heteroatoms. The number of aryl methyl sites for hydroxylation is 1. The van der Waals surface area contributed by atoms with Gasteiger partial charge in [0, 0.05) is 19.1 Å². The van der Waals surface area contributed by atoms with Gasteiger partial charge in [-0.1, -0.05) is 60.7 Å². The molecule has 0 aromatic heterocycles. The van der Waals surface area contributed by atoms with Crippen molar-refractivity contribution in [2.45, 2.75) is 25.9 Å². The number of carbonyl (C=O) groups is 1. The third-order valence-corrected chi connectivity index (χ3v) is 4.63. The quantitative estimate of drug-likeness (QED) is 0.793. The molecule has 0 N–H and O–H groups in total. The highest BCUT2D eigenvalue weighted by Gasteiger charge is 2.31. The predicted octanol–water partition coefficient (Wildman–Crippen LogP) is 4.13. The Morgan fingerprint density at radius 3 is 2.62 bits per heavy atom. The minimum Gasteiger partial charge on any atom is -0.469 e. The molecule has 2 aromatic carbocycles. The van der Waals surface area contributed by atoms with E-state index in [1.54, 1.807) is 0 Å². The lowest BCUT2D eigenvalue weighted by Gasteiger charge is -2.38. The van der Waals surface area contributed by atoms with Crippen LogP contribution in [0.3, 0.4) is 0 Å². The van der Waals surface area contributed by atoms with Crippen molar-refractivity contribution < 1.29 is 9.53 Å². The van der Waals surface area contributed by atoms with Gasteiger partial charge < -0.3 is 4.74 Å². The second kappa shape index (κ2) is 7.02. The molecule has 0 amide bonds. The van der Waals surface area contributed by atoms with E-state index in [1.165, 1.54) is 18.2 Å². The Bertz CT molecular complexity index is 749. The number of ether oxygens (including phenoxy) is 1. The number of esters is 1. The average molecular weight is 321 g/mol. The Hall–Kier alpha value is -2.39. The largest absolute Gasteiger partial charge is 0.469 e. The van der Waals surface area contributed by atoms with Crippen LogP contribution in [-0.2, 0) is 16.1 Å². The predicted molar refractivity (Wildman–Crippen MR) is 96.4 cm³/mol. The van der Waals surface area contributed by atoms with Crippen LogP contribution in [0.15, 0.2) is 55.1 Å². The zero-order valence-corrected chi connectivity index (χ0v) is 14.3. The Morgan fingerprint density at radius 2 is 1.92 bits per heavy atom. The fraction of sp³-hybridized carbons (Fsp3) is 0.286. The van der Waals surface area contributed by atoms with Gasteiger partial charge in [0.05, 0.1) is 13.5 Å². The first-order chi connectivity index (χ1) is 11.6. The first-order valence-corrected chi connectivity index (χ1v) is 8.22. The van der Waals surface area contributed by atoms with Crippen LogP contribution in [0.5, 0.6) is 0 Å². The summed E-state index contributed by atoms with van der Waals surface area (Å²) in [4.78, 5) is 14.3. The molecular formula is C21H23NO2. The summed E-state index contributed by atoms with van der Waals surface area (Å²) in [6.45, 7) is 7.87. The SMILES string of the molecule is C=C1CN(Cc2ccc(C)cc2)C(CC(=O)OC)c2ccccc21. The maximum Gasteiger partial charge on any atom is 0.307 e. The topological polar surface area (TPSA) is 29.5 Å². The molecule has 0 aliphatic carbocycles. The third-order valence-electron chi connectivity index (χ3n) is 4.63. The van der Waals surface area contributed by atoms with Crippen LogP contribution in [0.25, 0.3) is 5.57 Å². The third kappa shape index (κ3) is 3.41. The zero-order valence-electron chi connectivity index (χ0n) is 14.3. The number of hydrogen-bond donors (Lipinski definition) is 0. The van der Waals surface area contributed by atoms with Crippen LogP contribution in [0.4, 0.5) is 0 Å². The van der Waals surface area contributed by atoms with Crippen molar-refractivity contribution >= 4 is 11.5 Å². The van der Waals surface area contributed by atoms with E-state index in [9.17, 15) is 4.79 Å². The number of methoxy groups -OCH3 is 1. The molecule has 1 unspecified atom stereocenters. The van der Waals surface area contributed by atoms with Crippen molar-refractivity contribution in [1.82, 2.24) is 4.90 Å². The van der Waals surface area contributed by atoms with E-state index in [0.29, 0.717) is 6.42 Å². The fourth-order valence-electron chi connectivity index (χ4n) is 3.32. The summed E-state index contributed by atoms with van der Waals surface area (Å²) in [5.74, 6) is -0.184. The molecule has 3 nitrogen and oxygen atoms in total. The van der Waals surface area contributed by atoms with Gasteiger partial charge >= 0.3 is 5.97 Å². The van der Waals surface area contributed by atoms with E-state index in [-0.39, 0.29) is 12.0 Å². The molecule has 1 heterocycles. The highest BCUT2D eigenvalue weighted by atomic mass is 16.5. The van der Waals surface area contributed by atoms with Gasteiger partial charge in [-0.15, -0.1) is 0 Å². The van der Waals surface area contributed by atoms with Crippen molar-refractivity contribution in [3.63, 3.8) is 0 Å². The van der Waals surface area contributed by atoms with Crippen LogP contribution in [0.2, 0.25) is 0 Å². The van der Waals surface area contributed by atoms with Gasteiger partial charge in [0.1, 0.15) is 0 Å². The molecule has 3 rings (SSSR count). The van der Waals surface area contributed by atoms with Crippen LogP contribution < -0.4 is 0 Å². The second-order valence-electron chi connectivity index (χ2n) is 6.38. The van der Waals surface area contributed by atoms with Gasteiger partial charge in [0.25, 0.3) is 0 Å². The first-order valence-electron chi connectivity index (χ1n) is 8.22. The molecule has 1 aliphatic rings. The summed E-state index contributed by atoms with van der Waals surface area (Å²) in [5, 5.41) is 0. The minimum atomic E-state index is -0.184. The Labute approximate surface area is 143 Å². The summed E-state index contributed by atoms with van der Waals surface area (Å²) in [7, 11) is 1.44. The maximum absolute atomic E-state index is 11.9. The summed E-state index contributed by atoms with van der Waals surface area (Å²) in [6, 6.07) is 16.8. The molecule has 0 spiro atoms. The number of benzene rings is 2. The Balaban J connectivity index is 1.92. The minimum absolute atomic E-state index is 0.0143. The Morgan fingerprint density at radius 1 is 1.21 bits per heavy atom. The van der Waals surface area contributed by atoms with E-state index in [4.69, 9.17) is 4.74 Å². The Kier molecular flexibility index (Phi) is 4.81. The van der Waals surface area contributed by atoms with E-state index < -0.39 is 0 Å². The van der Waals surface area contributed by atoms with Gasteiger partial charge in [0.2, 0.25) is 0 Å². The number of rotatable bonds is 4. The van der Waals surface area contributed by atoms with E-state index in [0.717, 1.165) is 29.8 Å². The molecule has 0 saturated carbocycles. The first kappa shape index (κ1) is 16.5. The molecule has 2 aromatic rings. The number of carbonyl (C=O) groups excluding carboxylic acids is 1. The molecule has 1 aliphatic heterocycles. The standard InChI is InChI=1S/C21H23NO2/c1-15-8-10-17(11-9-15)14-22-13-16(2)18-6-4-5-7-19(18)20(22)12-21(23)24-3/h4-11,20H,2,12-14H2,1,3H3. The molecule has 24 heavy (non-hydrogen) atoms. The van der Waals surface area contributed by atoms with Gasteiger partial charge in [-0.2, -0.15) is 0 Å². The fourth-order valence-corrected chi connectivity index (χ4v) is 3.32. The molecule has 0 radical (unpaired) electrons. The molecular weight excluding hydrogens is 298 g/mol. The zero-order chi connectivity index (χ0) is 17.1. The number of fused-ring (bicyclic) bond motifs is 1. The lowest BCUT2D eigenvalue weighted by Crippen LogP contribution is -2.35. The van der Waals surface area contributed by atoms with E-state index in [1.807, 2.05) is 12.1 Å². The van der Waals surface area contributed by atoms with Crippen molar-refractivity contribution in [3.05, 3.63) is 77.4 Å². The van der Waals surface area contributed by atoms with Gasteiger partial charge in [-0.05, 0) is 29.2 Å². The number of nitrogens with zero attached hydrogens (tertiary/aromatic N) is 1. The lowest BCUT2D eigenvalue weighted by molar-refractivity contribution is -0.142. The molecule has 0 bridgehead atoms. The molecule has 0 saturated heterocycles. The van der Waals surface area contributed by atoms with E-state index >= 15 is 0 Å². The van der Waals surface area contributed by atoms with Gasteiger partial charge in [-0.25, -0.2) is 0 Å². The van der Waals surface area contributed by atoms with Crippen molar-refractivity contribution in [1.29, 1.82) is 0 Å². The van der Waals surface area contributed by atoms with Crippen LogP contribution in [0.1, 0.15) is 34.7 Å². The van der Waals surface area contributed by atoms with E-state index in [2.05, 4.69) is 54.8 Å². The molecule has 124 valence electrons. The highest BCUT2D eigenvalue weighted by Crippen LogP contribution is 2.37. The maximum atomic E-state index is 11.9. The normalized spacial score (nSPS) is 17.4. The second-order valence-corrected chi connectivity index (χ2v) is 6.38. The van der Waals surface area contributed by atoms with Gasteiger partial charge in [-0.3, -0.25) is 9.69 Å². The smallest absolute Gasteiger partial charge is 0.307 e. The average Bonchev–Trinajstić information content (AvgIpc) is 2.60. The lowest BCUT2D eigenvalue weighted by atomic mass is 9.88. The summed E-state index contributed by atoms with van der Waals surface area (Å²) < 4.78 is 4.92. The monoisotopic (exact) mass is 321 g/mol. The number of hydrogen-bond acceptors (Lipinski definition) is 3. The van der Waals surface area contributed by atoms with Crippen LogP contribution >= 0.6 is 0 Å². The summed E-state index contributed by atoms with van der Waals surface area (Å²) in [6.07, 6.45) is 0.354. The van der Waals surface area contributed by atoms with Crippen LogP contribution in [-0.4, -0.2) is 24.5 Å². The van der Waals surface area contributed by atoms with Crippen molar-refractivity contribution in [3.8, 4) is 0 Å².